The Morgan fingerprint density at radius 2 is 1.97 bits per heavy atom. The Hall–Kier alpha value is -2.70. The molecule has 3 heterocycles. The van der Waals surface area contributed by atoms with E-state index in [0.717, 1.165) is 35.7 Å². The second-order valence-corrected chi connectivity index (χ2v) is 9.11. The standard InChI is InChI=1S/C23H23N3O2S/c1-23(18-11-10-16-6-2-3-7-17(16)14-18)21(27)26(22(28)24-23)15-25-12-4-8-19(25)20-9-5-13-29-20/h2-3,5-7,9-11,13-14,19H,4,8,12,15H2,1H3,(H,24,28)/p+1/t19-,23+/m1/s1. The summed E-state index contributed by atoms with van der Waals surface area (Å²) < 4.78 is 0. The number of hydrogen-bond acceptors (Lipinski definition) is 3. The molecule has 3 atom stereocenters. The summed E-state index contributed by atoms with van der Waals surface area (Å²) in [5, 5.41) is 7.24. The first-order valence-corrected chi connectivity index (χ1v) is 11.0. The van der Waals surface area contributed by atoms with Crippen molar-refractivity contribution in [2.75, 3.05) is 13.2 Å². The van der Waals surface area contributed by atoms with Gasteiger partial charge in [-0.25, -0.2) is 9.69 Å². The van der Waals surface area contributed by atoms with Crippen LogP contribution in [0.5, 0.6) is 0 Å². The molecule has 1 unspecified atom stereocenters. The van der Waals surface area contributed by atoms with Gasteiger partial charge in [0.05, 0.1) is 11.4 Å². The van der Waals surface area contributed by atoms with E-state index >= 15 is 0 Å². The number of nitrogens with zero attached hydrogens (tertiary/aromatic N) is 1. The molecule has 0 bridgehead atoms. The molecule has 0 spiro atoms. The van der Waals surface area contributed by atoms with Gasteiger partial charge in [0.1, 0.15) is 11.6 Å². The smallest absolute Gasteiger partial charge is 0.319 e. The lowest BCUT2D eigenvalue weighted by Gasteiger charge is -2.26. The molecule has 2 aromatic carbocycles. The van der Waals surface area contributed by atoms with Crippen LogP contribution < -0.4 is 10.2 Å². The molecule has 5 nitrogen and oxygen atoms in total. The maximum atomic E-state index is 13.4. The van der Waals surface area contributed by atoms with Crippen molar-refractivity contribution < 1.29 is 14.5 Å². The summed E-state index contributed by atoms with van der Waals surface area (Å²) in [5.74, 6) is -0.165. The van der Waals surface area contributed by atoms with E-state index in [4.69, 9.17) is 0 Å². The number of hydrogen-bond donors (Lipinski definition) is 2. The van der Waals surface area contributed by atoms with Gasteiger partial charge in [-0.1, -0.05) is 42.5 Å². The van der Waals surface area contributed by atoms with E-state index in [9.17, 15) is 9.59 Å². The number of thiophene rings is 1. The number of benzene rings is 2. The van der Waals surface area contributed by atoms with Gasteiger partial charge in [-0.05, 0) is 40.8 Å². The van der Waals surface area contributed by atoms with Gasteiger partial charge in [-0.3, -0.25) is 4.79 Å². The van der Waals surface area contributed by atoms with Crippen LogP contribution >= 0.6 is 11.3 Å². The molecule has 2 aliphatic rings. The lowest BCUT2D eigenvalue weighted by Crippen LogP contribution is -3.12. The highest BCUT2D eigenvalue weighted by Crippen LogP contribution is 2.31. The molecule has 0 radical (unpaired) electrons. The quantitative estimate of drug-likeness (QED) is 0.655. The maximum absolute atomic E-state index is 13.4. The van der Waals surface area contributed by atoms with Crippen LogP contribution in [0.3, 0.4) is 0 Å². The lowest BCUT2D eigenvalue weighted by atomic mass is 9.90. The first-order valence-electron chi connectivity index (χ1n) is 10.1. The van der Waals surface area contributed by atoms with E-state index in [1.165, 1.54) is 14.7 Å². The molecule has 3 aromatic rings. The zero-order valence-electron chi connectivity index (χ0n) is 16.4. The fourth-order valence-corrected chi connectivity index (χ4v) is 5.59. The highest BCUT2D eigenvalue weighted by atomic mass is 32.1. The first kappa shape index (κ1) is 18.3. The summed E-state index contributed by atoms with van der Waals surface area (Å²) in [4.78, 5) is 30.2. The van der Waals surface area contributed by atoms with Gasteiger partial charge in [-0.2, -0.15) is 0 Å². The molecule has 6 heteroatoms. The summed E-state index contributed by atoms with van der Waals surface area (Å²) in [6.45, 7) is 3.20. The van der Waals surface area contributed by atoms with Crippen LogP contribution in [-0.4, -0.2) is 30.1 Å². The Morgan fingerprint density at radius 1 is 1.14 bits per heavy atom. The van der Waals surface area contributed by atoms with Crippen molar-refractivity contribution in [3.63, 3.8) is 0 Å². The summed E-state index contributed by atoms with van der Waals surface area (Å²) in [5.41, 5.74) is -0.207. The molecule has 2 saturated heterocycles. The average Bonchev–Trinajstić information content (AvgIpc) is 3.45. The molecule has 148 valence electrons. The summed E-state index contributed by atoms with van der Waals surface area (Å²) in [7, 11) is 0. The van der Waals surface area contributed by atoms with Gasteiger partial charge < -0.3 is 10.2 Å². The minimum Gasteiger partial charge on any atom is -0.319 e. The molecule has 2 fully saturated rings. The normalized spacial score (nSPS) is 27.0. The number of amides is 3. The molecule has 0 aliphatic carbocycles. The molecule has 2 N–H and O–H groups in total. The number of quaternary nitrogens is 1. The van der Waals surface area contributed by atoms with Crippen molar-refractivity contribution in [3.8, 4) is 0 Å². The van der Waals surface area contributed by atoms with Crippen molar-refractivity contribution in [2.24, 2.45) is 0 Å². The van der Waals surface area contributed by atoms with E-state index in [2.05, 4.69) is 22.8 Å². The summed E-state index contributed by atoms with van der Waals surface area (Å²) >= 11 is 1.76. The predicted molar refractivity (Wildman–Crippen MR) is 114 cm³/mol. The molecule has 3 amide bonds. The van der Waals surface area contributed by atoms with Gasteiger partial charge in [0.25, 0.3) is 5.91 Å². The minimum atomic E-state index is -1.03. The van der Waals surface area contributed by atoms with Crippen molar-refractivity contribution in [1.82, 2.24) is 10.2 Å². The molecule has 2 aliphatic heterocycles. The zero-order valence-corrected chi connectivity index (χ0v) is 17.2. The fraction of sp³-hybridized carbons (Fsp3) is 0.304. The third-order valence-electron chi connectivity index (χ3n) is 6.33. The number of fused-ring (bicyclic) bond motifs is 1. The maximum Gasteiger partial charge on any atom is 0.329 e. The molecule has 0 saturated carbocycles. The van der Waals surface area contributed by atoms with Gasteiger partial charge in [0.2, 0.25) is 0 Å². The van der Waals surface area contributed by atoms with E-state index in [0.29, 0.717) is 12.7 Å². The van der Waals surface area contributed by atoms with E-state index in [1.54, 1.807) is 11.3 Å². The molecular formula is C23H24N3O2S+. The third kappa shape index (κ3) is 3.03. The van der Waals surface area contributed by atoms with Crippen molar-refractivity contribution in [2.45, 2.75) is 31.3 Å². The monoisotopic (exact) mass is 406 g/mol. The largest absolute Gasteiger partial charge is 0.329 e. The highest BCUT2D eigenvalue weighted by Gasteiger charge is 2.51. The Morgan fingerprint density at radius 3 is 2.76 bits per heavy atom. The van der Waals surface area contributed by atoms with Gasteiger partial charge >= 0.3 is 6.03 Å². The highest BCUT2D eigenvalue weighted by molar-refractivity contribution is 7.10. The van der Waals surface area contributed by atoms with Crippen LogP contribution in [0, 0.1) is 0 Å². The summed E-state index contributed by atoms with van der Waals surface area (Å²) in [6.07, 6.45) is 2.21. The number of carbonyl (C=O) groups excluding carboxylic acids is 2. The molecular weight excluding hydrogens is 382 g/mol. The lowest BCUT2D eigenvalue weighted by molar-refractivity contribution is -0.925. The Bertz CT molecular complexity index is 1080. The fourth-order valence-electron chi connectivity index (χ4n) is 4.67. The van der Waals surface area contributed by atoms with E-state index in [-0.39, 0.29) is 11.9 Å². The van der Waals surface area contributed by atoms with E-state index in [1.807, 2.05) is 49.4 Å². The van der Waals surface area contributed by atoms with Crippen LogP contribution in [0.15, 0.2) is 60.0 Å². The topological polar surface area (TPSA) is 53.9 Å². The number of likely N-dealkylation sites (tertiary alicyclic amines) is 1. The second kappa shape index (κ2) is 6.97. The number of rotatable bonds is 4. The van der Waals surface area contributed by atoms with Crippen molar-refractivity contribution in [1.29, 1.82) is 0 Å². The number of urea groups is 1. The molecule has 29 heavy (non-hydrogen) atoms. The van der Waals surface area contributed by atoms with Crippen LogP contribution in [0.4, 0.5) is 4.79 Å². The van der Waals surface area contributed by atoms with Crippen LogP contribution in [-0.2, 0) is 10.3 Å². The summed E-state index contributed by atoms with van der Waals surface area (Å²) in [6, 6.07) is 18.3. The third-order valence-corrected chi connectivity index (χ3v) is 7.32. The predicted octanol–water partition coefficient (Wildman–Crippen LogP) is 3.05. The minimum absolute atomic E-state index is 0.165. The number of nitrogens with one attached hydrogen (secondary N) is 2. The Balaban J connectivity index is 1.41. The van der Waals surface area contributed by atoms with Gasteiger partial charge in [-0.15, -0.1) is 11.3 Å². The first-order chi connectivity index (χ1) is 14.1. The van der Waals surface area contributed by atoms with Crippen LogP contribution in [0.25, 0.3) is 10.8 Å². The SMILES string of the molecule is C[C@@]1(c2ccc3ccccc3c2)NC(=O)N(C[NH+]2CCC[C@@H]2c2cccs2)C1=O. The Kier molecular flexibility index (Phi) is 4.41. The van der Waals surface area contributed by atoms with Gasteiger partial charge in [0, 0.05) is 12.8 Å². The average molecular weight is 407 g/mol. The van der Waals surface area contributed by atoms with Gasteiger partial charge in [0.15, 0.2) is 6.67 Å². The number of imide groups is 1. The van der Waals surface area contributed by atoms with Crippen molar-refractivity contribution in [3.05, 3.63) is 70.4 Å². The molecule has 5 rings (SSSR count). The zero-order chi connectivity index (χ0) is 20.0. The van der Waals surface area contributed by atoms with Crippen LogP contribution in [0.2, 0.25) is 0 Å². The van der Waals surface area contributed by atoms with Crippen molar-refractivity contribution >= 4 is 34.0 Å². The molecule has 1 aromatic heterocycles. The number of carbonyl (C=O) groups is 2. The van der Waals surface area contributed by atoms with Crippen LogP contribution in [0.1, 0.15) is 36.2 Å². The Labute approximate surface area is 173 Å². The van der Waals surface area contributed by atoms with E-state index < -0.39 is 5.54 Å². The second-order valence-electron chi connectivity index (χ2n) is 8.13.